The van der Waals surface area contributed by atoms with E-state index in [-0.39, 0.29) is 23.9 Å². The first kappa shape index (κ1) is 17.3. The Kier molecular flexibility index (Phi) is 5.37. The number of amides is 1. The fourth-order valence-corrected chi connectivity index (χ4v) is 2.60. The fraction of sp³-hybridized carbons (Fsp3) is 0.235. The van der Waals surface area contributed by atoms with Gasteiger partial charge in [0.05, 0.1) is 12.5 Å². The van der Waals surface area contributed by atoms with Gasteiger partial charge in [0.15, 0.2) is 0 Å². The van der Waals surface area contributed by atoms with E-state index in [0.717, 1.165) is 5.56 Å². The van der Waals surface area contributed by atoms with E-state index in [9.17, 15) is 14.4 Å². The van der Waals surface area contributed by atoms with Crippen LogP contribution in [0.5, 0.6) is 0 Å². The first-order chi connectivity index (χ1) is 12.6. The molecule has 26 heavy (non-hydrogen) atoms. The molecule has 0 bridgehead atoms. The molecule has 1 aromatic carbocycles. The second kappa shape index (κ2) is 8.06. The van der Waals surface area contributed by atoms with Crippen molar-refractivity contribution in [2.75, 3.05) is 0 Å². The number of aromatic amines is 2. The lowest BCUT2D eigenvalue weighted by Crippen LogP contribution is -2.33. The quantitative estimate of drug-likeness (QED) is 0.557. The average molecular weight is 354 g/mol. The fourth-order valence-electron chi connectivity index (χ4n) is 2.60. The molecular formula is C17H18N6O3. The third-order valence-corrected chi connectivity index (χ3v) is 3.90. The first-order valence-corrected chi connectivity index (χ1v) is 8.09. The molecule has 9 nitrogen and oxygen atoms in total. The molecule has 9 heteroatoms. The van der Waals surface area contributed by atoms with Gasteiger partial charge in [-0.1, -0.05) is 30.3 Å². The molecule has 134 valence electrons. The third-order valence-electron chi connectivity index (χ3n) is 3.90. The van der Waals surface area contributed by atoms with Crippen LogP contribution in [0.3, 0.4) is 0 Å². The van der Waals surface area contributed by atoms with Gasteiger partial charge in [0, 0.05) is 18.3 Å². The number of rotatable bonds is 7. The van der Waals surface area contributed by atoms with Crippen molar-refractivity contribution in [2.24, 2.45) is 0 Å². The Labute approximate surface area is 148 Å². The number of carbonyl (C=O) groups is 1. The molecule has 0 saturated carbocycles. The molecular weight excluding hydrogens is 336 g/mol. The van der Waals surface area contributed by atoms with E-state index in [1.54, 1.807) is 11.0 Å². The normalized spacial score (nSPS) is 11.8. The molecule has 1 amide bonds. The lowest BCUT2D eigenvalue weighted by atomic mass is 10.0. The van der Waals surface area contributed by atoms with E-state index < -0.39 is 11.2 Å². The van der Waals surface area contributed by atoms with Crippen molar-refractivity contribution in [3.63, 3.8) is 0 Å². The molecule has 0 fully saturated rings. The number of carbonyl (C=O) groups excluding carboxylic acids is 1. The largest absolute Gasteiger partial charge is 0.349 e. The monoisotopic (exact) mass is 354 g/mol. The third kappa shape index (κ3) is 4.53. The van der Waals surface area contributed by atoms with Gasteiger partial charge in [0.2, 0.25) is 5.91 Å². The Hall–Kier alpha value is -3.49. The summed E-state index contributed by atoms with van der Waals surface area (Å²) in [5.74, 6) is -0.310. The molecule has 0 radical (unpaired) electrons. The highest BCUT2D eigenvalue weighted by molar-refractivity contribution is 5.78. The maximum atomic E-state index is 12.4. The highest BCUT2D eigenvalue weighted by Gasteiger charge is 2.16. The minimum absolute atomic E-state index is 0.126. The number of benzene rings is 1. The van der Waals surface area contributed by atoms with Crippen LogP contribution in [0.2, 0.25) is 0 Å². The summed E-state index contributed by atoms with van der Waals surface area (Å²) >= 11 is 0. The molecule has 0 aliphatic carbocycles. The molecule has 0 saturated heterocycles. The van der Waals surface area contributed by atoms with E-state index in [4.69, 9.17) is 0 Å². The van der Waals surface area contributed by atoms with Crippen LogP contribution in [0, 0.1) is 0 Å². The Morgan fingerprint density at radius 3 is 2.73 bits per heavy atom. The average Bonchev–Trinajstić information content (AvgIpc) is 3.15. The predicted molar refractivity (Wildman–Crippen MR) is 93.4 cm³/mol. The smallest absolute Gasteiger partial charge is 0.325 e. The van der Waals surface area contributed by atoms with Gasteiger partial charge in [-0.25, -0.2) is 9.78 Å². The van der Waals surface area contributed by atoms with Crippen LogP contribution in [-0.4, -0.2) is 30.6 Å². The number of aromatic nitrogens is 5. The van der Waals surface area contributed by atoms with Crippen LogP contribution in [0.15, 0.2) is 58.8 Å². The molecule has 0 aliphatic rings. The maximum absolute atomic E-state index is 12.4. The number of aryl methyl sites for hydroxylation is 1. The summed E-state index contributed by atoms with van der Waals surface area (Å²) in [6.45, 7) is 0.582. The van der Waals surface area contributed by atoms with Crippen molar-refractivity contribution >= 4 is 5.91 Å². The zero-order valence-electron chi connectivity index (χ0n) is 13.9. The summed E-state index contributed by atoms with van der Waals surface area (Å²) in [6.07, 6.45) is 4.82. The second-order valence-electron chi connectivity index (χ2n) is 5.75. The van der Waals surface area contributed by atoms with E-state index in [0.29, 0.717) is 13.0 Å². The maximum Gasteiger partial charge on any atom is 0.325 e. The van der Waals surface area contributed by atoms with Crippen LogP contribution >= 0.6 is 0 Å². The number of H-pyrrole nitrogens is 2. The predicted octanol–water partition coefficient (Wildman–Crippen LogP) is 0.145. The van der Waals surface area contributed by atoms with Gasteiger partial charge in [-0.2, -0.15) is 5.10 Å². The van der Waals surface area contributed by atoms with Crippen molar-refractivity contribution < 1.29 is 4.79 Å². The Morgan fingerprint density at radius 1 is 1.23 bits per heavy atom. The number of hydrogen-bond acceptors (Lipinski definition) is 5. The summed E-state index contributed by atoms with van der Waals surface area (Å²) in [7, 11) is 0. The molecule has 3 N–H and O–H groups in total. The summed E-state index contributed by atoms with van der Waals surface area (Å²) in [6, 6.07) is 9.32. The number of nitrogens with zero attached hydrogens (tertiary/aromatic N) is 3. The lowest BCUT2D eigenvalue weighted by molar-refractivity contribution is -0.121. The molecule has 1 unspecified atom stereocenters. The second-order valence-corrected chi connectivity index (χ2v) is 5.75. The van der Waals surface area contributed by atoms with E-state index >= 15 is 0 Å². The van der Waals surface area contributed by atoms with Crippen molar-refractivity contribution in [1.82, 2.24) is 30.0 Å². The van der Waals surface area contributed by atoms with Crippen LogP contribution in [0.25, 0.3) is 0 Å². The van der Waals surface area contributed by atoms with Gasteiger partial charge in [0.25, 0.3) is 5.56 Å². The molecule has 3 rings (SSSR count). The topological polar surface area (TPSA) is 126 Å². The number of hydrogen-bond donors (Lipinski definition) is 3. The van der Waals surface area contributed by atoms with Crippen LogP contribution in [0.1, 0.15) is 23.6 Å². The number of nitrogens with one attached hydrogen (secondary N) is 3. The highest BCUT2D eigenvalue weighted by atomic mass is 16.2. The highest BCUT2D eigenvalue weighted by Crippen LogP contribution is 2.17. The minimum atomic E-state index is -0.603. The summed E-state index contributed by atoms with van der Waals surface area (Å²) < 4.78 is 1.69. The zero-order chi connectivity index (χ0) is 18.4. The standard InChI is InChI=1S/C17H18N6O3/c24-15(8-13-9-19-17(26)22-16(13)25)21-14(12-4-2-1-3-5-12)6-7-23-11-18-10-20-23/h1-5,9-11,14H,6-8H2,(H,21,24)(H2,19,22,25,26). The van der Waals surface area contributed by atoms with Crippen LogP contribution in [-0.2, 0) is 17.8 Å². The molecule has 1 atom stereocenters. The van der Waals surface area contributed by atoms with Crippen LogP contribution in [0.4, 0.5) is 0 Å². The molecule has 0 aliphatic heterocycles. The van der Waals surface area contributed by atoms with Crippen molar-refractivity contribution in [3.8, 4) is 0 Å². The van der Waals surface area contributed by atoms with Gasteiger partial charge < -0.3 is 10.3 Å². The van der Waals surface area contributed by atoms with E-state index in [1.165, 1.54) is 12.5 Å². The van der Waals surface area contributed by atoms with Gasteiger partial charge in [-0.15, -0.1) is 0 Å². The summed E-state index contributed by atoms with van der Waals surface area (Å²) in [5.41, 5.74) is -0.0153. The Balaban J connectivity index is 1.70. The first-order valence-electron chi connectivity index (χ1n) is 8.09. The van der Waals surface area contributed by atoms with Gasteiger partial charge in [-0.05, 0) is 12.0 Å². The van der Waals surface area contributed by atoms with Gasteiger partial charge >= 0.3 is 5.69 Å². The van der Waals surface area contributed by atoms with Crippen molar-refractivity contribution in [2.45, 2.75) is 25.4 Å². The van der Waals surface area contributed by atoms with Crippen molar-refractivity contribution in [1.29, 1.82) is 0 Å². The van der Waals surface area contributed by atoms with Gasteiger partial charge in [-0.3, -0.25) is 19.3 Å². The Morgan fingerprint density at radius 2 is 2.04 bits per heavy atom. The summed E-state index contributed by atoms with van der Waals surface area (Å²) in [5, 5.41) is 7.00. The minimum Gasteiger partial charge on any atom is -0.349 e. The molecule has 2 heterocycles. The lowest BCUT2D eigenvalue weighted by Gasteiger charge is -2.19. The van der Waals surface area contributed by atoms with E-state index in [1.807, 2.05) is 30.3 Å². The molecule has 2 aromatic heterocycles. The zero-order valence-corrected chi connectivity index (χ0v) is 13.9. The SMILES string of the molecule is O=C(Cc1c[nH]c(=O)[nH]c1=O)NC(CCn1cncn1)c1ccccc1. The summed E-state index contributed by atoms with van der Waals surface area (Å²) in [4.78, 5) is 43.6. The van der Waals surface area contributed by atoms with Gasteiger partial charge in [0.1, 0.15) is 12.7 Å². The molecule has 0 spiro atoms. The molecule has 3 aromatic rings. The van der Waals surface area contributed by atoms with E-state index in [2.05, 4.69) is 25.4 Å². The Bertz CT molecular complexity index is 962. The van der Waals surface area contributed by atoms with Crippen LogP contribution < -0.4 is 16.6 Å². The van der Waals surface area contributed by atoms with Crippen molar-refractivity contribution in [3.05, 3.63) is 81.1 Å².